The third-order valence-corrected chi connectivity index (χ3v) is 3.26. The fraction of sp³-hybridized carbons (Fsp3) is 0.235. The van der Waals surface area contributed by atoms with Gasteiger partial charge in [-0.05, 0) is 48.2 Å². The first-order chi connectivity index (χ1) is 9.85. The van der Waals surface area contributed by atoms with Crippen LogP contribution in [0.1, 0.15) is 24.5 Å². The van der Waals surface area contributed by atoms with Gasteiger partial charge in [-0.3, -0.25) is 0 Å². The number of nitrogens with one attached hydrogen (secondary N) is 1. The first-order valence-corrected chi connectivity index (χ1v) is 6.99. The van der Waals surface area contributed by atoms with Gasteiger partial charge in [0.05, 0.1) is 6.61 Å². The van der Waals surface area contributed by atoms with Crippen molar-refractivity contribution in [2.24, 2.45) is 0 Å². The molecule has 0 aliphatic heterocycles. The molecule has 0 fully saturated rings. The summed E-state index contributed by atoms with van der Waals surface area (Å²) in [5.74, 6) is 0.940. The average molecular weight is 266 g/mol. The van der Waals surface area contributed by atoms with E-state index in [1.165, 1.54) is 11.1 Å². The predicted molar refractivity (Wildman–Crippen MR) is 81.1 cm³/mol. The topological polar surface area (TPSA) is 37.9 Å². The number of hydrogen-bond acceptors (Lipinski definition) is 2. The largest absolute Gasteiger partial charge is 0.494 e. The standard InChI is InChI=1S/C17H18N2O/c1-2-9-20-16-5-3-13(4-6-16)10-14-11-15-7-8-18-17(15)19-12-14/h3-8,11-12H,2,9-10H2,1H3,(H,18,19). The van der Waals surface area contributed by atoms with Gasteiger partial charge in [-0.1, -0.05) is 19.1 Å². The Morgan fingerprint density at radius 3 is 2.75 bits per heavy atom. The Hall–Kier alpha value is -2.29. The summed E-state index contributed by atoms with van der Waals surface area (Å²) in [6.07, 6.45) is 5.77. The van der Waals surface area contributed by atoms with Crippen LogP contribution in [0.2, 0.25) is 0 Å². The average Bonchev–Trinajstić information content (AvgIpc) is 2.94. The van der Waals surface area contributed by atoms with Gasteiger partial charge >= 0.3 is 0 Å². The quantitative estimate of drug-likeness (QED) is 0.759. The zero-order valence-electron chi connectivity index (χ0n) is 11.6. The molecule has 1 aromatic carbocycles. The molecule has 0 amide bonds. The molecule has 2 heterocycles. The molecular formula is C17H18N2O. The van der Waals surface area contributed by atoms with Crippen LogP contribution in [0.4, 0.5) is 0 Å². The molecule has 20 heavy (non-hydrogen) atoms. The SMILES string of the molecule is CCCOc1ccc(Cc2cnc3[nH]ccc3c2)cc1. The number of rotatable bonds is 5. The molecule has 0 atom stereocenters. The van der Waals surface area contributed by atoms with E-state index in [4.69, 9.17) is 4.74 Å². The molecule has 0 aliphatic rings. The van der Waals surface area contributed by atoms with Crippen molar-refractivity contribution < 1.29 is 4.74 Å². The van der Waals surface area contributed by atoms with Crippen LogP contribution >= 0.6 is 0 Å². The molecule has 0 aliphatic carbocycles. The molecule has 0 spiro atoms. The van der Waals surface area contributed by atoms with Crippen molar-refractivity contribution in [2.75, 3.05) is 6.61 Å². The summed E-state index contributed by atoms with van der Waals surface area (Å²) in [4.78, 5) is 7.53. The van der Waals surface area contributed by atoms with Crippen LogP contribution in [0.15, 0.2) is 48.8 Å². The molecule has 0 saturated heterocycles. The van der Waals surface area contributed by atoms with Crippen LogP contribution < -0.4 is 4.74 Å². The van der Waals surface area contributed by atoms with Gasteiger partial charge < -0.3 is 9.72 Å². The Labute approximate surface area is 118 Å². The number of aromatic nitrogens is 2. The molecule has 2 aromatic heterocycles. The lowest BCUT2D eigenvalue weighted by atomic mass is 10.1. The van der Waals surface area contributed by atoms with Crippen LogP contribution in [0.5, 0.6) is 5.75 Å². The smallest absolute Gasteiger partial charge is 0.137 e. The summed E-state index contributed by atoms with van der Waals surface area (Å²) in [7, 11) is 0. The Bertz CT molecular complexity index is 686. The summed E-state index contributed by atoms with van der Waals surface area (Å²) in [6.45, 7) is 2.88. The van der Waals surface area contributed by atoms with E-state index < -0.39 is 0 Å². The van der Waals surface area contributed by atoms with Crippen LogP contribution in [-0.4, -0.2) is 16.6 Å². The molecule has 0 bridgehead atoms. The van der Waals surface area contributed by atoms with Gasteiger partial charge in [0.25, 0.3) is 0 Å². The molecule has 0 radical (unpaired) electrons. The Morgan fingerprint density at radius 1 is 1.10 bits per heavy atom. The van der Waals surface area contributed by atoms with Crippen molar-refractivity contribution >= 4 is 11.0 Å². The highest BCUT2D eigenvalue weighted by Gasteiger charge is 2.01. The second-order valence-corrected chi connectivity index (χ2v) is 4.93. The summed E-state index contributed by atoms with van der Waals surface area (Å²) >= 11 is 0. The number of nitrogens with zero attached hydrogens (tertiary/aromatic N) is 1. The maximum atomic E-state index is 5.59. The highest BCUT2D eigenvalue weighted by molar-refractivity contribution is 5.75. The van der Waals surface area contributed by atoms with Gasteiger partial charge in [0, 0.05) is 17.8 Å². The van der Waals surface area contributed by atoms with Crippen LogP contribution in [-0.2, 0) is 6.42 Å². The van der Waals surface area contributed by atoms with Gasteiger partial charge in [-0.25, -0.2) is 4.98 Å². The van der Waals surface area contributed by atoms with E-state index in [1.807, 2.05) is 30.6 Å². The van der Waals surface area contributed by atoms with Crippen molar-refractivity contribution in [3.8, 4) is 5.75 Å². The molecule has 3 rings (SSSR count). The van der Waals surface area contributed by atoms with E-state index in [0.717, 1.165) is 36.2 Å². The summed E-state index contributed by atoms with van der Waals surface area (Å²) in [5, 5.41) is 1.16. The highest BCUT2D eigenvalue weighted by Crippen LogP contribution is 2.17. The molecule has 3 nitrogen and oxygen atoms in total. The van der Waals surface area contributed by atoms with E-state index in [-0.39, 0.29) is 0 Å². The Morgan fingerprint density at radius 2 is 1.95 bits per heavy atom. The number of hydrogen-bond donors (Lipinski definition) is 1. The number of aromatic amines is 1. The third kappa shape index (κ3) is 2.82. The number of pyridine rings is 1. The summed E-state index contributed by atoms with van der Waals surface area (Å²) in [5.41, 5.74) is 3.43. The number of H-pyrrole nitrogens is 1. The number of benzene rings is 1. The van der Waals surface area contributed by atoms with Gasteiger partial charge in [0.15, 0.2) is 0 Å². The highest BCUT2D eigenvalue weighted by atomic mass is 16.5. The van der Waals surface area contributed by atoms with Gasteiger partial charge in [0.2, 0.25) is 0 Å². The number of fused-ring (bicyclic) bond motifs is 1. The normalized spacial score (nSPS) is 10.8. The Kier molecular flexibility index (Phi) is 3.68. The lowest BCUT2D eigenvalue weighted by Crippen LogP contribution is -1.95. The first kappa shape index (κ1) is 12.7. The van der Waals surface area contributed by atoms with E-state index >= 15 is 0 Å². The maximum Gasteiger partial charge on any atom is 0.137 e. The van der Waals surface area contributed by atoms with Crippen molar-refractivity contribution in [3.05, 3.63) is 59.9 Å². The molecule has 0 saturated carbocycles. The molecule has 1 N–H and O–H groups in total. The van der Waals surface area contributed by atoms with Crippen molar-refractivity contribution in [2.45, 2.75) is 19.8 Å². The van der Waals surface area contributed by atoms with Crippen molar-refractivity contribution in [3.63, 3.8) is 0 Å². The lowest BCUT2D eigenvalue weighted by Gasteiger charge is -2.06. The van der Waals surface area contributed by atoms with Gasteiger partial charge in [-0.2, -0.15) is 0 Å². The van der Waals surface area contributed by atoms with Crippen LogP contribution in [0.25, 0.3) is 11.0 Å². The fourth-order valence-electron chi connectivity index (χ4n) is 2.24. The maximum absolute atomic E-state index is 5.59. The summed E-state index contributed by atoms with van der Waals surface area (Å²) in [6, 6.07) is 12.5. The molecule has 3 aromatic rings. The second kappa shape index (κ2) is 5.78. The van der Waals surface area contributed by atoms with Crippen molar-refractivity contribution in [1.82, 2.24) is 9.97 Å². The molecule has 3 heteroatoms. The van der Waals surface area contributed by atoms with E-state index in [2.05, 4.69) is 35.1 Å². The number of ether oxygens (including phenoxy) is 1. The van der Waals surface area contributed by atoms with E-state index in [0.29, 0.717) is 0 Å². The molecule has 0 unspecified atom stereocenters. The summed E-state index contributed by atoms with van der Waals surface area (Å²) < 4.78 is 5.59. The van der Waals surface area contributed by atoms with E-state index in [9.17, 15) is 0 Å². The Balaban J connectivity index is 1.73. The minimum atomic E-state index is 0.771. The van der Waals surface area contributed by atoms with Crippen LogP contribution in [0, 0.1) is 0 Å². The predicted octanol–water partition coefficient (Wildman–Crippen LogP) is 3.94. The minimum absolute atomic E-state index is 0.771. The molecular weight excluding hydrogens is 248 g/mol. The lowest BCUT2D eigenvalue weighted by molar-refractivity contribution is 0.317. The minimum Gasteiger partial charge on any atom is -0.494 e. The molecule has 102 valence electrons. The zero-order valence-corrected chi connectivity index (χ0v) is 11.6. The second-order valence-electron chi connectivity index (χ2n) is 4.93. The third-order valence-electron chi connectivity index (χ3n) is 3.26. The first-order valence-electron chi connectivity index (χ1n) is 6.99. The zero-order chi connectivity index (χ0) is 13.8. The van der Waals surface area contributed by atoms with Crippen molar-refractivity contribution in [1.29, 1.82) is 0 Å². The fourth-order valence-corrected chi connectivity index (χ4v) is 2.24. The van der Waals surface area contributed by atoms with E-state index in [1.54, 1.807) is 0 Å². The van der Waals surface area contributed by atoms with Gasteiger partial charge in [-0.15, -0.1) is 0 Å². The monoisotopic (exact) mass is 266 g/mol. The van der Waals surface area contributed by atoms with Gasteiger partial charge in [0.1, 0.15) is 11.4 Å². The van der Waals surface area contributed by atoms with Crippen LogP contribution in [0.3, 0.4) is 0 Å².